The predicted molar refractivity (Wildman–Crippen MR) is 101 cm³/mol. The van der Waals surface area contributed by atoms with E-state index >= 15 is 0 Å². The average molecular weight is 359 g/mol. The lowest BCUT2D eigenvalue weighted by molar-refractivity contribution is 0.146. The molecule has 0 unspecified atom stereocenters. The monoisotopic (exact) mass is 358 g/mol. The van der Waals surface area contributed by atoms with Crippen molar-refractivity contribution in [3.63, 3.8) is 0 Å². The van der Waals surface area contributed by atoms with Crippen LogP contribution in [-0.2, 0) is 10.0 Å². The van der Waals surface area contributed by atoms with Gasteiger partial charge in [-0.05, 0) is 38.0 Å². The summed E-state index contributed by atoms with van der Waals surface area (Å²) in [6, 6.07) is 16.2. The molecule has 0 radical (unpaired) electrons. The number of nitrogens with zero attached hydrogens (tertiary/aromatic N) is 2. The maximum absolute atomic E-state index is 13.0. The minimum Gasteiger partial charge on any atom is -0.294 e. The second-order valence-corrected chi connectivity index (χ2v) is 8.70. The molecule has 0 amide bonds. The highest BCUT2D eigenvalue weighted by Gasteiger charge is 2.31. The second kappa shape index (κ2) is 7.28. The van der Waals surface area contributed by atoms with Gasteiger partial charge in [0.1, 0.15) is 0 Å². The molecule has 2 aromatic carbocycles. The van der Waals surface area contributed by atoms with Crippen LogP contribution in [0.15, 0.2) is 53.4 Å². The van der Waals surface area contributed by atoms with E-state index in [1.54, 1.807) is 10.4 Å². The van der Waals surface area contributed by atoms with Crippen molar-refractivity contribution < 1.29 is 8.42 Å². The van der Waals surface area contributed by atoms with E-state index in [0.29, 0.717) is 24.0 Å². The normalized spacial score (nSPS) is 18.2. The van der Waals surface area contributed by atoms with E-state index < -0.39 is 10.0 Å². The Kier molecular flexibility index (Phi) is 5.27. The lowest BCUT2D eigenvalue weighted by Gasteiger charge is -2.37. The van der Waals surface area contributed by atoms with Crippen molar-refractivity contribution in [2.45, 2.75) is 31.7 Å². The van der Waals surface area contributed by atoms with Crippen LogP contribution in [0.4, 0.5) is 0 Å². The van der Waals surface area contributed by atoms with Crippen LogP contribution in [0.3, 0.4) is 0 Å². The molecular weight excluding hydrogens is 332 g/mol. The van der Waals surface area contributed by atoms with Gasteiger partial charge in [0.15, 0.2) is 0 Å². The summed E-state index contributed by atoms with van der Waals surface area (Å²) in [6.07, 6.45) is 0. The van der Waals surface area contributed by atoms with Gasteiger partial charge in [0.05, 0.1) is 4.90 Å². The van der Waals surface area contributed by atoms with Crippen molar-refractivity contribution in [2.24, 2.45) is 0 Å². The van der Waals surface area contributed by atoms with Crippen LogP contribution in [0.1, 0.15) is 29.7 Å². The number of benzene rings is 2. The molecule has 134 valence electrons. The molecule has 3 rings (SSSR count). The first-order valence-electron chi connectivity index (χ1n) is 8.76. The van der Waals surface area contributed by atoms with E-state index in [-0.39, 0.29) is 0 Å². The van der Waals surface area contributed by atoms with E-state index in [1.807, 2.05) is 44.2 Å². The van der Waals surface area contributed by atoms with Crippen molar-refractivity contribution in [1.82, 2.24) is 9.21 Å². The van der Waals surface area contributed by atoms with E-state index in [1.165, 1.54) is 5.56 Å². The SMILES string of the molecule is Cc1ccc(S(=O)(=O)N2CCN([C@@H](C)c3ccccc3)CC2)c(C)c1. The van der Waals surface area contributed by atoms with Crippen LogP contribution in [0.5, 0.6) is 0 Å². The zero-order valence-corrected chi connectivity index (χ0v) is 16.0. The van der Waals surface area contributed by atoms with E-state index in [4.69, 9.17) is 0 Å². The molecule has 1 heterocycles. The predicted octanol–water partition coefficient (Wildman–Crippen LogP) is 3.37. The minimum absolute atomic E-state index is 0.298. The molecule has 1 atom stereocenters. The van der Waals surface area contributed by atoms with Gasteiger partial charge in [-0.2, -0.15) is 4.31 Å². The Bertz CT molecular complexity index is 826. The Morgan fingerprint density at radius 1 is 0.920 bits per heavy atom. The molecule has 0 bridgehead atoms. The fraction of sp³-hybridized carbons (Fsp3) is 0.400. The molecule has 0 aliphatic carbocycles. The maximum Gasteiger partial charge on any atom is 0.243 e. The fourth-order valence-electron chi connectivity index (χ4n) is 3.50. The highest BCUT2D eigenvalue weighted by Crippen LogP contribution is 2.25. The largest absolute Gasteiger partial charge is 0.294 e. The zero-order valence-electron chi connectivity index (χ0n) is 15.1. The van der Waals surface area contributed by atoms with Crippen LogP contribution in [0.2, 0.25) is 0 Å². The molecule has 2 aromatic rings. The Morgan fingerprint density at radius 2 is 1.56 bits per heavy atom. The summed E-state index contributed by atoms with van der Waals surface area (Å²) in [7, 11) is -3.42. The van der Waals surface area contributed by atoms with Gasteiger partial charge in [-0.25, -0.2) is 8.42 Å². The van der Waals surface area contributed by atoms with Crippen LogP contribution >= 0.6 is 0 Å². The molecule has 0 saturated carbocycles. The number of piperazine rings is 1. The smallest absolute Gasteiger partial charge is 0.243 e. The lowest BCUT2D eigenvalue weighted by atomic mass is 10.1. The number of sulfonamides is 1. The van der Waals surface area contributed by atoms with Gasteiger partial charge in [-0.3, -0.25) is 4.90 Å². The Morgan fingerprint density at radius 3 is 2.16 bits per heavy atom. The van der Waals surface area contributed by atoms with E-state index in [9.17, 15) is 8.42 Å². The molecule has 1 saturated heterocycles. The van der Waals surface area contributed by atoms with E-state index in [2.05, 4.69) is 24.0 Å². The summed E-state index contributed by atoms with van der Waals surface area (Å²) in [5.41, 5.74) is 3.17. The Hall–Kier alpha value is -1.69. The first-order valence-corrected chi connectivity index (χ1v) is 10.2. The van der Waals surface area contributed by atoms with Gasteiger partial charge in [0.25, 0.3) is 0 Å². The van der Waals surface area contributed by atoms with Gasteiger partial charge >= 0.3 is 0 Å². The highest BCUT2D eigenvalue weighted by atomic mass is 32.2. The molecular formula is C20H26N2O2S. The number of hydrogen-bond acceptors (Lipinski definition) is 3. The Labute approximate surface area is 151 Å². The summed E-state index contributed by atoms with van der Waals surface area (Å²) < 4.78 is 27.6. The van der Waals surface area contributed by atoms with Gasteiger partial charge < -0.3 is 0 Å². The third-order valence-electron chi connectivity index (χ3n) is 5.05. The molecule has 0 spiro atoms. The number of aryl methyl sites for hydroxylation is 2. The summed E-state index contributed by atoms with van der Waals surface area (Å²) in [5, 5.41) is 0. The second-order valence-electron chi connectivity index (χ2n) is 6.80. The topological polar surface area (TPSA) is 40.6 Å². The van der Waals surface area contributed by atoms with Crippen molar-refractivity contribution in [3.8, 4) is 0 Å². The Balaban J connectivity index is 1.71. The first-order chi connectivity index (χ1) is 11.9. The van der Waals surface area contributed by atoms with E-state index in [0.717, 1.165) is 24.2 Å². The average Bonchev–Trinajstić information content (AvgIpc) is 2.61. The van der Waals surface area contributed by atoms with Crippen LogP contribution in [-0.4, -0.2) is 43.8 Å². The zero-order chi connectivity index (χ0) is 18.0. The number of rotatable bonds is 4. The van der Waals surface area contributed by atoms with Gasteiger partial charge in [0.2, 0.25) is 10.0 Å². The van der Waals surface area contributed by atoms with Crippen molar-refractivity contribution in [1.29, 1.82) is 0 Å². The third kappa shape index (κ3) is 3.78. The summed E-state index contributed by atoms with van der Waals surface area (Å²) in [6.45, 7) is 8.60. The molecule has 1 aliphatic rings. The highest BCUT2D eigenvalue weighted by molar-refractivity contribution is 7.89. The molecule has 1 fully saturated rings. The summed E-state index contributed by atoms with van der Waals surface area (Å²) >= 11 is 0. The minimum atomic E-state index is -3.42. The van der Waals surface area contributed by atoms with Crippen molar-refractivity contribution >= 4 is 10.0 Å². The molecule has 25 heavy (non-hydrogen) atoms. The molecule has 5 heteroatoms. The van der Waals surface area contributed by atoms with Crippen molar-refractivity contribution in [2.75, 3.05) is 26.2 Å². The van der Waals surface area contributed by atoms with Crippen LogP contribution < -0.4 is 0 Å². The molecule has 0 N–H and O–H groups in total. The molecule has 1 aliphatic heterocycles. The third-order valence-corrected chi connectivity index (χ3v) is 7.11. The van der Waals surface area contributed by atoms with Crippen LogP contribution in [0, 0.1) is 13.8 Å². The number of hydrogen-bond donors (Lipinski definition) is 0. The molecule has 0 aromatic heterocycles. The lowest BCUT2D eigenvalue weighted by Crippen LogP contribution is -2.49. The summed E-state index contributed by atoms with van der Waals surface area (Å²) in [4.78, 5) is 2.78. The van der Waals surface area contributed by atoms with Gasteiger partial charge in [-0.1, -0.05) is 48.0 Å². The maximum atomic E-state index is 13.0. The van der Waals surface area contributed by atoms with Gasteiger partial charge in [0, 0.05) is 32.2 Å². The standard InChI is InChI=1S/C20H26N2O2S/c1-16-9-10-20(17(2)15-16)25(23,24)22-13-11-21(12-14-22)18(3)19-7-5-4-6-8-19/h4-10,15,18H,11-14H2,1-3H3/t18-/m0/s1. The van der Waals surface area contributed by atoms with Crippen LogP contribution in [0.25, 0.3) is 0 Å². The van der Waals surface area contributed by atoms with Gasteiger partial charge in [-0.15, -0.1) is 0 Å². The first kappa shape index (κ1) is 18.1. The quantitative estimate of drug-likeness (QED) is 0.841. The summed E-state index contributed by atoms with van der Waals surface area (Å²) in [5.74, 6) is 0. The van der Waals surface area contributed by atoms with Crippen molar-refractivity contribution in [3.05, 3.63) is 65.2 Å². The molecule has 4 nitrogen and oxygen atoms in total. The fourth-order valence-corrected chi connectivity index (χ4v) is 5.13.